The fourth-order valence-electron chi connectivity index (χ4n) is 3.97. The average Bonchev–Trinajstić information content (AvgIpc) is 3.13. The van der Waals surface area contributed by atoms with E-state index < -0.39 is 11.3 Å². The van der Waals surface area contributed by atoms with E-state index in [0.717, 1.165) is 22.4 Å². The van der Waals surface area contributed by atoms with Crippen LogP contribution in [0.2, 0.25) is 0 Å². The molecule has 0 unspecified atom stereocenters. The highest BCUT2D eigenvalue weighted by Gasteiger charge is 2.39. The smallest absolute Gasteiger partial charge is 0.296 e. The molecule has 0 bridgehead atoms. The van der Waals surface area contributed by atoms with Crippen LogP contribution in [0.5, 0.6) is 0 Å². The highest BCUT2D eigenvalue weighted by molar-refractivity contribution is 6.05. The first-order valence-electron chi connectivity index (χ1n) is 10.0. The van der Waals surface area contributed by atoms with Crippen molar-refractivity contribution in [2.24, 2.45) is 17.8 Å². The van der Waals surface area contributed by atoms with Crippen LogP contribution in [0.3, 0.4) is 0 Å². The van der Waals surface area contributed by atoms with E-state index in [4.69, 9.17) is 16.2 Å². The van der Waals surface area contributed by atoms with Crippen LogP contribution < -0.4 is 11.5 Å². The Balaban J connectivity index is 1.68. The second-order valence-electron chi connectivity index (χ2n) is 7.70. The number of anilines is 1. The fourth-order valence-corrected chi connectivity index (χ4v) is 3.97. The zero-order valence-electron chi connectivity index (χ0n) is 17.6. The summed E-state index contributed by atoms with van der Waals surface area (Å²) in [6.07, 6.45) is 4.66. The van der Waals surface area contributed by atoms with Crippen LogP contribution >= 0.6 is 0 Å². The van der Waals surface area contributed by atoms with Crippen molar-refractivity contribution in [2.45, 2.75) is 25.2 Å². The lowest BCUT2D eigenvalue weighted by Crippen LogP contribution is -2.46. The van der Waals surface area contributed by atoms with Gasteiger partial charge in [-0.3, -0.25) is 9.48 Å². The summed E-state index contributed by atoms with van der Waals surface area (Å²) in [4.78, 5) is 25.2. The van der Waals surface area contributed by atoms with Crippen LogP contribution in [-0.4, -0.2) is 44.7 Å². The minimum atomic E-state index is -0.572. The van der Waals surface area contributed by atoms with Crippen molar-refractivity contribution in [3.63, 3.8) is 0 Å². The Kier molecular flexibility index (Phi) is 5.51. The van der Waals surface area contributed by atoms with Crippen LogP contribution in [0.4, 0.5) is 5.95 Å². The maximum absolute atomic E-state index is 12.8. The molecule has 31 heavy (non-hydrogen) atoms. The standard InChI is InChI=1S/C22H25N7O2/c1-14-11-18(29(2)28-14)19(30)27-20(23)22(7-9-31-10-8-22)17-5-3-15(4-6-17)16-12-25-21(24)26-13-16/h3-6,11-13H,7-10H2,1-2H3,(H2,23,27,30)(H2,24,25,26). The molecular weight excluding hydrogens is 394 g/mol. The van der Waals surface area contributed by atoms with Crippen molar-refractivity contribution in [1.82, 2.24) is 19.7 Å². The molecule has 3 aromatic rings. The van der Waals surface area contributed by atoms with Crippen LogP contribution in [0.25, 0.3) is 11.1 Å². The minimum absolute atomic E-state index is 0.235. The van der Waals surface area contributed by atoms with Crippen molar-refractivity contribution in [2.75, 3.05) is 18.9 Å². The number of hydrogen-bond donors (Lipinski definition) is 2. The molecule has 9 heteroatoms. The number of nitrogens with two attached hydrogens (primary N) is 2. The molecule has 1 aromatic carbocycles. The molecule has 1 amide bonds. The topological polar surface area (TPSA) is 134 Å². The third-order valence-corrected chi connectivity index (χ3v) is 5.72. The first-order valence-corrected chi connectivity index (χ1v) is 10.0. The predicted molar refractivity (Wildman–Crippen MR) is 118 cm³/mol. The molecule has 0 atom stereocenters. The molecule has 160 valence electrons. The van der Waals surface area contributed by atoms with E-state index in [1.807, 2.05) is 31.2 Å². The van der Waals surface area contributed by atoms with Gasteiger partial charge in [0.1, 0.15) is 11.5 Å². The molecule has 1 aliphatic rings. The zero-order chi connectivity index (χ0) is 22.0. The van der Waals surface area contributed by atoms with Gasteiger partial charge in [0, 0.05) is 38.2 Å². The zero-order valence-corrected chi connectivity index (χ0v) is 17.6. The maximum atomic E-state index is 12.8. The Morgan fingerprint density at radius 1 is 1.13 bits per heavy atom. The van der Waals surface area contributed by atoms with Gasteiger partial charge in [-0.2, -0.15) is 10.1 Å². The first kappa shape index (κ1) is 20.7. The molecule has 3 heterocycles. The first-order chi connectivity index (χ1) is 14.9. The minimum Gasteiger partial charge on any atom is -0.386 e. The Morgan fingerprint density at radius 2 is 1.77 bits per heavy atom. The van der Waals surface area contributed by atoms with Gasteiger partial charge in [-0.15, -0.1) is 0 Å². The highest BCUT2D eigenvalue weighted by atomic mass is 16.5. The summed E-state index contributed by atoms with van der Waals surface area (Å²) in [6.45, 7) is 2.92. The summed E-state index contributed by atoms with van der Waals surface area (Å²) in [5.41, 5.74) is 15.5. The summed E-state index contributed by atoms with van der Waals surface area (Å²) < 4.78 is 7.10. The lowest BCUT2D eigenvalue weighted by atomic mass is 9.73. The molecule has 0 aliphatic carbocycles. The molecule has 1 fully saturated rings. The van der Waals surface area contributed by atoms with E-state index in [1.165, 1.54) is 4.68 Å². The van der Waals surface area contributed by atoms with Crippen LogP contribution in [0.1, 0.15) is 34.6 Å². The fraction of sp³-hybridized carbons (Fsp3) is 0.318. The van der Waals surface area contributed by atoms with Gasteiger partial charge in [0.15, 0.2) is 0 Å². The number of carbonyl (C=O) groups is 1. The molecule has 1 aliphatic heterocycles. The summed E-state index contributed by atoms with van der Waals surface area (Å²) in [5.74, 6) is 0.129. The van der Waals surface area contributed by atoms with Crippen molar-refractivity contribution in [3.8, 4) is 11.1 Å². The van der Waals surface area contributed by atoms with Crippen molar-refractivity contribution in [1.29, 1.82) is 0 Å². The lowest BCUT2D eigenvalue weighted by Gasteiger charge is -2.37. The van der Waals surface area contributed by atoms with Gasteiger partial charge in [0.05, 0.1) is 11.1 Å². The third kappa shape index (κ3) is 4.04. The SMILES string of the molecule is Cc1cc(C(=O)N=C(N)C2(c3ccc(-c4cnc(N)nc4)cc3)CCOCC2)n(C)n1. The molecule has 4 N–H and O–H groups in total. The van der Waals surface area contributed by atoms with E-state index in [2.05, 4.69) is 20.1 Å². The molecular formula is C22H25N7O2. The van der Waals surface area contributed by atoms with E-state index >= 15 is 0 Å². The summed E-state index contributed by atoms with van der Waals surface area (Å²) in [6, 6.07) is 9.71. The van der Waals surface area contributed by atoms with E-state index in [9.17, 15) is 4.79 Å². The second kappa shape index (κ2) is 8.27. The van der Waals surface area contributed by atoms with Gasteiger partial charge in [-0.05, 0) is 37.0 Å². The number of nitrogen functional groups attached to an aromatic ring is 1. The molecule has 9 nitrogen and oxygen atoms in total. The Bertz CT molecular complexity index is 1110. The van der Waals surface area contributed by atoms with Gasteiger partial charge >= 0.3 is 0 Å². The maximum Gasteiger partial charge on any atom is 0.296 e. The highest BCUT2D eigenvalue weighted by Crippen LogP contribution is 2.36. The normalized spacial score (nSPS) is 16.3. The van der Waals surface area contributed by atoms with Gasteiger partial charge in [-0.1, -0.05) is 24.3 Å². The summed E-state index contributed by atoms with van der Waals surface area (Å²) in [7, 11) is 1.72. The van der Waals surface area contributed by atoms with Gasteiger partial charge in [0.2, 0.25) is 5.95 Å². The number of amides is 1. The summed E-state index contributed by atoms with van der Waals surface area (Å²) in [5, 5.41) is 4.22. The van der Waals surface area contributed by atoms with Gasteiger partial charge in [-0.25, -0.2) is 9.97 Å². The van der Waals surface area contributed by atoms with Crippen molar-refractivity contribution in [3.05, 3.63) is 59.7 Å². The Labute approximate surface area is 180 Å². The molecule has 2 aromatic heterocycles. The number of aryl methyl sites for hydroxylation is 2. The Morgan fingerprint density at radius 3 is 2.35 bits per heavy atom. The van der Waals surface area contributed by atoms with E-state index in [-0.39, 0.29) is 5.95 Å². The van der Waals surface area contributed by atoms with Crippen LogP contribution in [-0.2, 0) is 17.2 Å². The van der Waals surface area contributed by atoms with E-state index in [1.54, 1.807) is 25.5 Å². The third-order valence-electron chi connectivity index (χ3n) is 5.72. The van der Waals surface area contributed by atoms with Crippen molar-refractivity contribution >= 4 is 17.7 Å². The number of aromatic nitrogens is 4. The summed E-state index contributed by atoms with van der Waals surface area (Å²) >= 11 is 0. The predicted octanol–water partition coefficient (Wildman–Crippen LogP) is 2.01. The second-order valence-corrected chi connectivity index (χ2v) is 7.70. The number of carbonyl (C=O) groups excluding carboxylic acids is 1. The number of benzene rings is 1. The number of rotatable bonds is 4. The Hall–Kier alpha value is -3.59. The molecule has 4 rings (SSSR count). The molecule has 1 saturated heterocycles. The largest absolute Gasteiger partial charge is 0.386 e. The molecule has 0 saturated carbocycles. The van der Waals surface area contributed by atoms with Gasteiger partial charge < -0.3 is 16.2 Å². The number of nitrogens with zero attached hydrogens (tertiary/aromatic N) is 5. The quantitative estimate of drug-likeness (QED) is 0.488. The van der Waals surface area contributed by atoms with Crippen molar-refractivity contribution < 1.29 is 9.53 Å². The molecule has 0 spiro atoms. The number of hydrogen-bond acceptors (Lipinski definition) is 6. The number of ether oxygens (including phenoxy) is 1. The monoisotopic (exact) mass is 419 g/mol. The van der Waals surface area contributed by atoms with Crippen LogP contribution in [0, 0.1) is 6.92 Å². The lowest BCUT2D eigenvalue weighted by molar-refractivity contribution is 0.0701. The number of aliphatic imine (C=N–C) groups is 1. The van der Waals surface area contributed by atoms with Crippen LogP contribution in [0.15, 0.2) is 47.7 Å². The van der Waals surface area contributed by atoms with Gasteiger partial charge in [0.25, 0.3) is 5.91 Å². The molecule has 0 radical (unpaired) electrons. The average molecular weight is 419 g/mol. The van der Waals surface area contributed by atoms with E-state index in [0.29, 0.717) is 37.6 Å². The number of amidine groups is 1.